The summed E-state index contributed by atoms with van der Waals surface area (Å²) in [7, 11) is 0. The number of hydrogen-bond acceptors (Lipinski definition) is 3. The molecular weight excluding hydrogens is 216 g/mol. The van der Waals surface area contributed by atoms with E-state index >= 15 is 0 Å². The first kappa shape index (κ1) is 12.1. The quantitative estimate of drug-likeness (QED) is 0.765. The van der Waals surface area contributed by atoms with E-state index < -0.39 is 0 Å². The molecule has 1 N–H and O–H groups in total. The second-order valence-electron chi connectivity index (χ2n) is 4.51. The Morgan fingerprint density at radius 3 is 3.25 bits per heavy atom. The van der Waals surface area contributed by atoms with Crippen molar-refractivity contribution in [3.63, 3.8) is 0 Å². The zero-order chi connectivity index (χ0) is 11.2. The SMILES string of the molecule is CCN1CCCC1CNCCc1ccsc1. The van der Waals surface area contributed by atoms with Gasteiger partial charge in [-0.2, -0.15) is 11.3 Å². The van der Waals surface area contributed by atoms with Gasteiger partial charge in [-0.15, -0.1) is 0 Å². The van der Waals surface area contributed by atoms with Crippen LogP contribution in [0, 0.1) is 0 Å². The van der Waals surface area contributed by atoms with Crippen LogP contribution in [0.1, 0.15) is 25.3 Å². The average molecular weight is 238 g/mol. The lowest BCUT2D eigenvalue weighted by Gasteiger charge is -2.22. The van der Waals surface area contributed by atoms with E-state index in [-0.39, 0.29) is 0 Å². The Kier molecular flexibility index (Phi) is 4.82. The van der Waals surface area contributed by atoms with Gasteiger partial charge in [-0.05, 0) is 61.3 Å². The highest BCUT2D eigenvalue weighted by molar-refractivity contribution is 7.07. The Bertz CT molecular complexity index is 284. The number of thiophene rings is 1. The summed E-state index contributed by atoms with van der Waals surface area (Å²) in [6.45, 7) is 7.05. The number of hydrogen-bond donors (Lipinski definition) is 1. The second-order valence-corrected chi connectivity index (χ2v) is 5.29. The Morgan fingerprint density at radius 2 is 2.50 bits per heavy atom. The normalized spacial score (nSPS) is 21.7. The summed E-state index contributed by atoms with van der Waals surface area (Å²) in [4.78, 5) is 2.59. The predicted molar refractivity (Wildman–Crippen MR) is 71.2 cm³/mol. The van der Waals surface area contributed by atoms with E-state index in [1.165, 1.54) is 37.9 Å². The molecule has 0 saturated carbocycles. The van der Waals surface area contributed by atoms with Crippen molar-refractivity contribution in [3.05, 3.63) is 22.4 Å². The van der Waals surface area contributed by atoms with E-state index in [2.05, 4.69) is 34.0 Å². The molecule has 2 rings (SSSR count). The van der Waals surface area contributed by atoms with Crippen molar-refractivity contribution in [2.24, 2.45) is 0 Å². The van der Waals surface area contributed by atoms with E-state index in [4.69, 9.17) is 0 Å². The molecule has 0 aromatic carbocycles. The lowest BCUT2D eigenvalue weighted by molar-refractivity contribution is 0.260. The summed E-state index contributed by atoms with van der Waals surface area (Å²) < 4.78 is 0. The molecule has 0 spiro atoms. The largest absolute Gasteiger partial charge is 0.315 e. The van der Waals surface area contributed by atoms with Gasteiger partial charge in [0, 0.05) is 12.6 Å². The van der Waals surface area contributed by atoms with Gasteiger partial charge in [0.15, 0.2) is 0 Å². The number of nitrogens with zero attached hydrogens (tertiary/aromatic N) is 1. The van der Waals surface area contributed by atoms with Crippen molar-refractivity contribution in [1.29, 1.82) is 0 Å². The van der Waals surface area contributed by atoms with Gasteiger partial charge in [-0.3, -0.25) is 4.90 Å². The van der Waals surface area contributed by atoms with E-state index in [1.54, 1.807) is 11.3 Å². The Hall–Kier alpha value is -0.380. The van der Waals surface area contributed by atoms with E-state index in [0.717, 1.165) is 19.1 Å². The molecule has 90 valence electrons. The van der Waals surface area contributed by atoms with E-state index in [1.807, 2.05) is 0 Å². The molecule has 1 atom stereocenters. The Labute approximate surface area is 103 Å². The summed E-state index contributed by atoms with van der Waals surface area (Å²) in [5.74, 6) is 0. The van der Waals surface area contributed by atoms with Gasteiger partial charge in [-0.25, -0.2) is 0 Å². The van der Waals surface area contributed by atoms with Crippen LogP contribution in [0.5, 0.6) is 0 Å². The van der Waals surface area contributed by atoms with Crippen molar-refractivity contribution >= 4 is 11.3 Å². The molecule has 1 saturated heterocycles. The highest BCUT2D eigenvalue weighted by Crippen LogP contribution is 2.15. The van der Waals surface area contributed by atoms with Crippen molar-refractivity contribution in [1.82, 2.24) is 10.2 Å². The van der Waals surface area contributed by atoms with Crippen molar-refractivity contribution in [3.8, 4) is 0 Å². The highest BCUT2D eigenvalue weighted by atomic mass is 32.1. The number of likely N-dealkylation sites (tertiary alicyclic amines) is 1. The maximum atomic E-state index is 3.59. The summed E-state index contributed by atoms with van der Waals surface area (Å²) in [6, 6.07) is 3.01. The molecule has 0 aliphatic carbocycles. The third-order valence-corrected chi connectivity index (χ3v) is 4.19. The molecule has 2 nitrogen and oxygen atoms in total. The monoisotopic (exact) mass is 238 g/mol. The lowest BCUT2D eigenvalue weighted by Crippen LogP contribution is -2.38. The van der Waals surface area contributed by atoms with Crippen LogP contribution in [0.2, 0.25) is 0 Å². The maximum absolute atomic E-state index is 3.59. The van der Waals surface area contributed by atoms with Gasteiger partial charge >= 0.3 is 0 Å². The fraction of sp³-hybridized carbons (Fsp3) is 0.692. The molecule has 16 heavy (non-hydrogen) atoms. The topological polar surface area (TPSA) is 15.3 Å². The molecule has 1 aliphatic heterocycles. The lowest BCUT2D eigenvalue weighted by atomic mass is 10.2. The van der Waals surface area contributed by atoms with Crippen LogP contribution in [0.3, 0.4) is 0 Å². The Morgan fingerprint density at radius 1 is 1.56 bits per heavy atom. The van der Waals surface area contributed by atoms with Crippen LogP contribution in [-0.4, -0.2) is 37.1 Å². The minimum Gasteiger partial charge on any atom is -0.315 e. The third kappa shape index (κ3) is 3.30. The summed E-state index contributed by atoms with van der Waals surface area (Å²) in [5.41, 5.74) is 1.47. The zero-order valence-corrected chi connectivity index (χ0v) is 10.9. The van der Waals surface area contributed by atoms with Crippen LogP contribution < -0.4 is 5.32 Å². The molecule has 1 fully saturated rings. The second kappa shape index (κ2) is 6.38. The molecular formula is C13H22N2S. The van der Waals surface area contributed by atoms with Crippen LogP contribution in [0.15, 0.2) is 16.8 Å². The van der Waals surface area contributed by atoms with Crippen LogP contribution in [-0.2, 0) is 6.42 Å². The van der Waals surface area contributed by atoms with Gasteiger partial charge in [-0.1, -0.05) is 6.92 Å². The Balaban J connectivity index is 1.61. The molecule has 0 bridgehead atoms. The maximum Gasteiger partial charge on any atom is 0.0220 e. The molecule has 0 radical (unpaired) electrons. The fourth-order valence-corrected chi connectivity index (χ4v) is 3.18. The van der Waals surface area contributed by atoms with Crippen molar-refractivity contribution < 1.29 is 0 Å². The molecule has 1 aromatic heterocycles. The molecule has 2 heterocycles. The summed E-state index contributed by atoms with van der Waals surface area (Å²) in [6.07, 6.45) is 3.92. The molecule has 1 aromatic rings. The predicted octanol–water partition coefficient (Wildman–Crippen LogP) is 2.36. The van der Waals surface area contributed by atoms with Crippen LogP contribution in [0.25, 0.3) is 0 Å². The van der Waals surface area contributed by atoms with Gasteiger partial charge in [0.05, 0.1) is 0 Å². The van der Waals surface area contributed by atoms with Crippen molar-refractivity contribution in [2.45, 2.75) is 32.2 Å². The minimum absolute atomic E-state index is 0.785. The first-order valence-electron chi connectivity index (χ1n) is 6.36. The standard InChI is InChI=1S/C13H22N2S/c1-2-15-8-3-4-13(15)10-14-7-5-12-6-9-16-11-12/h6,9,11,13-14H,2-5,7-8,10H2,1H3. The van der Waals surface area contributed by atoms with Gasteiger partial charge < -0.3 is 5.32 Å². The fourth-order valence-electron chi connectivity index (χ4n) is 2.48. The van der Waals surface area contributed by atoms with Gasteiger partial charge in [0.1, 0.15) is 0 Å². The smallest absolute Gasteiger partial charge is 0.0220 e. The van der Waals surface area contributed by atoms with Crippen molar-refractivity contribution in [2.75, 3.05) is 26.2 Å². The first-order chi connectivity index (χ1) is 7.90. The zero-order valence-electron chi connectivity index (χ0n) is 10.1. The van der Waals surface area contributed by atoms with Crippen LogP contribution in [0.4, 0.5) is 0 Å². The summed E-state index contributed by atoms with van der Waals surface area (Å²) >= 11 is 1.79. The van der Waals surface area contributed by atoms with Gasteiger partial charge in [0.2, 0.25) is 0 Å². The number of rotatable bonds is 6. The van der Waals surface area contributed by atoms with E-state index in [0.29, 0.717) is 0 Å². The molecule has 1 unspecified atom stereocenters. The summed E-state index contributed by atoms with van der Waals surface area (Å²) in [5, 5.41) is 8.00. The van der Waals surface area contributed by atoms with Crippen LogP contribution >= 0.6 is 11.3 Å². The first-order valence-corrected chi connectivity index (χ1v) is 7.30. The number of nitrogens with one attached hydrogen (secondary N) is 1. The molecule has 3 heteroatoms. The van der Waals surface area contributed by atoms with Gasteiger partial charge in [0.25, 0.3) is 0 Å². The average Bonchev–Trinajstić information content (AvgIpc) is 2.95. The highest BCUT2D eigenvalue weighted by Gasteiger charge is 2.21. The third-order valence-electron chi connectivity index (χ3n) is 3.46. The molecule has 0 amide bonds. The minimum atomic E-state index is 0.785. The number of likely N-dealkylation sites (N-methyl/N-ethyl adjacent to an activating group) is 1. The van der Waals surface area contributed by atoms with E-state index in [9.17, 15) is 0 Å². The molecule has 1 aliphatic rings.